The highest BCUT2D eigenvalue weighted by atomic mass is 16.3. The highest BCUT2D eigenvalue weighted by molar-refractivity contribution is 5.40. The summed E-state index contributed by atoms with van der Waals surface area (Å²) in [5.74, 6) is 13.2. The fourth-order valence-electron chi connectivity index (χ4n) is 35.0. The molecule has 140 heavy (non-hydrogen) atoms. The quantitative estimate of drug-likeness (QED) is 0.0698. The lowest BCUT2D eigenvalue weighted by Crippen LogP contribution is -2.30. The molecule has 0 heterocycles. The van der Waals surface area contributed by atoms with Crippen molar-refractivity contribution in [3.63, 3.8) is 0 Å². The molecule has 25 aliphatic carbocycles. The fraction of sp³-hybridized carbons (Fsp3) is 0.576. The molecule has 0 amide bonds. The van der Waals surface area contributed by atoms with Crippen LogP contribution in [0.4, 0.5) is 0 Å². The third kappa shape index (κ3) is 21.8. The standard InChI is InChI=1S/C132H168O8/c133-117-73-74-119(135)95-61-45-87(46-62-95)111-82-113(129(105-33-17-5-18-34-105)127(111)103-29-13-3-14-30-103)89-49-65-97(66-50-89)121(137)77-78-123(139)99-69-53-91(54-70-99)115-84-116(132(108-39-23-8-24-40-108)131(115)107-37-21-7-22-38-107)92-55-71-100(72-56-92)124(140)80-79-122(138)98-67-51-90(52-68-98)114-83-112(128(104-31-15-4-16-32-104)130(114)106-35-19-6-20-36-106)88-47-63-96(64-48-88)120(136)76-75-118(134)94-59-43-86(44-60-94)110-81-109(85-41-57-93(117)58-42-85)125(101-25-9-1-10-26-101)126(110)102-27-11-2-12-28-102/h1-40,73-80,85-100,109-140H,41-72,81-84H2. The Labute approximate surface area is 840 Å². The first-order valence-electron chi connectivity index (χ1n) is 57.3. The fourth-order valence-corrected chi connectivity index (χ4v) is 35.0. The number of benzene rings is 8. The molecule has 8 nitrogen and oxygen atoms in total. The Hall–Kier alpha value is -7.60. The lowest BCUT2D eigenvalue weighted by atomic mass is 9.67. The van der Waals surface area contributed by atoms with Gasteiger partial charge >= 0.3 is 0 Å². The number of rotatable bonds is 8. The molecule has 12 saturated carbocycles. The van der Waals surface area contributed by atoms with Gasteiger partial charge in [-0.25, -0.2) is 0 Å². The molecule has 8 aromatic rings. The van der Waals surface area contributed by atoms with Crippen molar-refractivity contribution in [3.05, 3.63) is 336 Å². The average Bonchev–Trinajstić information content (AvgIpc) is 1.61. The van der Waals surface area contributed by atoms with Crippen molar-refractivity contribution >= 4 is 0 Å². The van der Waals surface area contributed by atoms with Crippen LogP contribution in [0.5, 0.6) is 0 Å². The lowest BCUT2D eigenvalue weighted by Gasteiger charge is -2.38. The maximum Gasteiger partial charge on any atom is 0.0749 e. The van der Waals surface area contributed by atoms with Gasteiger partial charge in [0.2, 0.25) is 0 Å². The SMILES string of the molecule is OC1C=CC(O)C2CCC(CC2)C2CC(C3CCC(CC3)C(O)C=CC(O)C3CCC(CC3)C3CC(C4CCC(CC4)C(O)C=CC(O)C4CCC(CC4)C4CC(C5CCC(CC5)C(O)C=CC(O)C5CCC(CC5)C5CC(C6CCC1CC6)C(c1ccccc1)C5c1ccccc1)C(c1ccccc1)C4c1ccccc1)C(c1ccccc1)C3c1ccccc1)C(c1ccccc1)C2c1ccccc1. The van der Waals surface area contributed by atoms with E-state index < -0.39 is 48.8 Å². The molecular weight excluding hydrogens is 1710 g/mol. The summed E-state index contributed by atoms with van der Waals surface area (Å²) in [5.41, 5.74) is 11.7. The van der Waals surface area contributed by atoms with Crippen molar-refractivity contribution in [3.8, 4) is 0 Å². The Balaban J connectivity index is 0.514. The molecular formula is C132H168O8. The van der Waals surface area contributed by atoms with E-state index >= 15 is 0 Å². The van der Waals surface area contributed by atoms with Crippen molar-refractivity contribution < 1.29 is 40.9 Å². The largest absolute Gasteiger partial charge is 0.389 e. The molecule has 25 aliphatic rings. The Morgan fingerprint density at radius 1 is 0.114 bits per heavy atom. The van der Waals surface area contributed by atoms with Gasteiger partial charge in [0.1, 0.15) is 0 Å². The van der Waals surface area contributed by atoms with E-state index in [1.54, 1.807) is 0 Å². The van der Waals surface area contributed by atoms with Crippen LogP contribution in [-0.2, 0) is 0 Å². The Morgan fingerprint density at radius 2 is 0.200 bits per heavy atom. The molecule has 24 unspecified atom stereocenters. The lowest BCUT2D eigenvalue weighted by molar-refractivity contribution is 0.0778. The van der Waals surface area contributed by atoms with Gasteiger partial charge in [0.25, 0.3) is 0 Å². The zero-order chi connectivity index (χ0) is 95.1. The highest BCUT2D eigenvalue weighted by Crippen LogP contribution is 2.67. The van der Waals surface area contributed by atoms with E-state index in [2.05, 4.69) is 243 Å². The molecule has 0 aliphatic heterocycles. The van der Waals surface area contributed by atoms with Gasteiger partial charge < -0.3 is 40.9 Å². The first-order valence-corrected chi connectivity index (χ1v) is 57.3. The molecule has 33 rings (SSSR count). The smallest absolute Gasteiger partial charge is 0.0749 e. The van der Waals surface area contributed by atoms with Crippen LogP contribution in [0.2, 0.25) is 0 Å². The van der Waals surface area contributed by atoms with Crippen LogP contribution in [-0.4, -0.2) is 89.7 Å². The molecule has 8 aromatic carbocycles. The Bertz CT molecular complexity index is 4210. The van der Waals surface area contributed by atoms with Crippen LogP contribution in [0.3, 0.4) is 0 Å². The maximum atomic E-state index is 12.2. The number of hydrogen-bond donors (Lipinski definition) is 8. The van der Waals surface area contributed by atoms with Crippen LogP contribution >= 0.6 is 0 Å². The topological polar surface area (TPSA) is 162 Å². The van der Waals surface area contributed by atoms with Gasteiger partial charge in [-0.05, 0) is 465 Å². The Morgan fingerprint density at radius 3 is 0.293 bits per heavy atom. The van der Waals surface area contributed by atoms with Crippen molar-refractivity contribution in [2.24, 2.45) is 142 Å². The first kappa shape index (κ1) is 98.4. The molecule has 8 heteroatoms. The first-order chi connectivity index (χ1) is 68.7. The number of hydrogen-bond acceptors (Lipinski definition) is 8. The molecule has 744 valence electrons. The summed E-state index contributed by atoms with van der Waals surface area (Å²) in [6, 6.07) is 92.2. The van der Waals surface area contributed by atoms with Gasteiger partial charge in [0.05, 0.1) is 48.8 Å². The van der Waals surface area contributed by atoms with Gasteiger partial charge in [-0.2, -0.15) is 0 Å². The van der Waals surface area contributed by atoms with Crippen LogP contribution in [0.15, 0.2) is 291 Å². The van der Waals surface area contributed by atoms with E-state index in [1.165, 1.54) is 70.2 Å². The predicted molar refractivity (Wildman–Crippen MR) is 568 cm³/mol. The van der Waals surface area contributed by atoms with E-state index in [9.17, 15) is 40.9 Å². The van der Waals surface area contributed by atoms with Crippen LogP contribution in [0.25, 0.3) is 0 Å². The molecule has 8 N–H and O–H groups in total. The van der Waals surface area contributed by atoms with E-state index in [0.717, 1.165) is 205 Å². The maximum absolute atomic E-state index is 12.2. The van der Waals surface area contributed by atoms with Gasteiger partial charge in [0.15, 0.2) is 0 Å². The third-order valence-electron chi connectivity index (χ3n) is 42.2. The molecule has 0 aromatic heterocycles. The zero-order valence-corrected chi connectivity index (χ0v) is 83.8. The molecule has 12 fully saturated rings. The minimum absolute atomic E-state index is 0.170. The minimum atomic E-state index is -0.583. The zero-order valence-electron chi connectivity index (χ0n) is 83.8. The molecule has 24 bridgehead atoms. The molecule has 0 radical (unpaired) electrons. The monoisotopic (exact) mass is 1880 g/mol. The van der Waals surface area contributed by atoms with E-state index in [4.69, 9.17) is 0 Å². The molecule has 0 spiro atoms. The van der Waals surface area contributed by atoms with Crippen molar-refractivity contribution in [1.82, 2.24) is 0 Å². The highest BCUT2D eigenvalue weighted by Gasteiger charge is 2.57. The van der Waals surface area contributed by atoms with Crippen molar-refractivity contribution in [2.75, 3.05) is 0 Å². The van der Waals surface area contributed by atoms with E-state index in [-0.39, 0.29) is 47.3 Å². The van der Waals surface area contributed by atoms with Crippen molar-refractivity contribution in [2.45, 2.75) is 327 Å². The summed E-state index contributed by atoms with van der Waals surface area (Å²) in [5, 5.41) is 97.9. The summed E-state index contributed by atoms with van der Waals surface area (Å²) >= 11 is 0. The third-order valence-corrected chi connectivity index (χ3v) is 42.2. The second-order valence-electron chi connectivity index (χ2n) is 48.6. The average molecular weight is 1880 g/mol. The van der Waals surface area contributed by atoms with E-state index in [1.807, 2.05) is 48.6 Å². The predicted octanol–water partition coefficient (Wildman–Crippen LogP) is 28.4. The van der Waals surface area contributed by atoms with Crippen LogP contribution < -0.4 is 0 Å². The van der Waals surface area contributed by atoms with Gasteiger partial charge in [-0.1, -0.05) is 291 Å². The van der Waals surface area contributed by atoms with Gasteiger partial charge in [-0.15, -0.1) is 0 Å². The normalized spacial score (nSPS) is 41.4. The summed E-state index contributed by atoms with van der Waals surface area (Å²) in [7, 11) is 0. The van der Waals surface area contributed by atoms with Crippen LogP contribution in [0.1, 0.15) is 323 Å². The van der Waals surface area contributed by atoms with Gasteiger partial charge in [0, 0.05) is 0 Å². The van der Waals surface area contributed by atoms with E-state index in [0.29, 0.717) is 142 Å². The van der Waals surface area contributed by atoms with Crippen molar-refractivity contribution in [1.29, 1.82) is 0 Å². The minimum Gasteiger partial charge on any atom is -0.389 e. The Kier molecular flexibility index (Phi) is 32.3. The second kappa shape index (κ2) is 46.0. The summed E-state index contributed by atoms with van der Waals surface area (Å²) < 4.78 is 0. The number of aliphatic hydroxyl groups is 8. The summed E-state index contributed by atoms with van der Waals surface area (Å²) in [4.78, 5) is 0. The second-order valence-corrected chi connectivity index (χ2v) is 48.6. The van der Waals surface area contributed by atoms with Crippen LogP contribution in [0, 0.1) is 142 Å². The summed E-state index contributed by atoms with van der Waals surface area (Å²) in [6.45, 7) is 0. The molecule has 24 atom stereocenters. The number of aliphatic hydroxyl groups excluding tert-OH is 8. The summed E-state index contributed by atoms with van der Waals surface area (Å²) in [6.07, 6.45) is 49.7. The molecule has 0 saturated heterocycles. The van der Waals surface area contributed by atoms with Gasteiger partial charge in [-0.3, -0.25) is 0 Å².